The van der Waals surface area contributed by atoms with Crippen molar-refractivity contribution in [3.05, 3.63) is 29.8 Å². The summed E-state index contributed by atoms with van der Waals surface area (Å²) in [4.78, 5) is 2.51. The van der Waals surface area contributed by atoms with Crippen LogP contribution in [0.15, 0.2) is 24.3 Å². The molecule has 0 spiro atoms. The van der Waals surface area contributed by atoms with Crippen molar-refractivity contribution in [2.24, 2.45) is 0 Å². The van der Waals surface area contributed by atoms with E-state index in [1.54, 1.807) is 0 Å². The van der Waals surface area contributed by atoms with Crippen LogP contribution in [0.3, 0.4) is 0 Å². The minimum atomic E-state index is 0.875. The van der Waals surface area contributed by atoms with Gasteiger partial charge < -0.3 is 0 Å². The molecule has 0 aromatic heterocycles. The van der Waals surface area contributed by atoms with Gasteiger partial charge in [0.15, 0.2) is 0 Å². The molecule has 14 heavy (non-hydrogen) atoms. The molecule has 1 aromatic carbocycles. The number of likely N-dealkylation sites (tertiary alicyclic amines) is 1. The van der Waals surface area contributed by atoms with Crippen LogP contribution in [0.4, 0.5) is 0 Å². The molecular weight excluding hydrogens is 169 g/mol. The fraction of sp³-hybridized carbons (Fsp3) is 0.500. The molecule has 1 nitrogen and oxygen atoms in total. The first kappa shape index (κ1) is 9.79. The highest BCUT2D eigenvalue weighted by Gasteiger charge is 2.09. The van der Waals surface area contributed by atoms with Gasteiger partial charge in [0.2, 0.25) is 0 Å². The monoisotopic (exact) mass is 185 g/mol. The Morgan fingerprint density at radius 3 is 2.64 bits per heavy atom. The molecule has 1 aliphatic rings. The molecule has 1 fully saturated rings. The highest BCUT2D eigenvalue weighted by Crippen LogP contribution is 2.11. The fourth-order valence-electron chi connectivity index (χ4n) is 2.07. The van der Waals surface area contributed by atoms with Gasteiger partial charge in [-0.1, -0.05) is 36.1 Å². The summed E-state index contributed by atoms with van der Waals surface area (Å²) in [6, 6.07) is 8.22. The van der Waals surface area contributed by atoms with Gasteiger partial charge in [-0.05, 0) is 31.5 Å². The second kappa shape index (κ2) is 4.65. The summed E-state index contributed by atoms with van der Waals surface area (Å²) >= 11 is 0. The average Bonchev–Trinajstić information content (AvgIpc) is 2.19. The zero-order valence-corrected chi connectivity index (χ0v) is 8.58. The van der Waals surface area contributed by atoms with E-state index < -0.39 is 0 Å². The molecule has 1 saturated heterocycles. The van der Waals surface area contributed by atoms with Crippen molar-refractivity contribution >= 4 is 13.3 Å². The molecule has 0 N–H and O–H groups in total. The van der Waals surface area contributed by atoms with Crippen LogP contribution in [0.25, 0.3) is 0 Å². The van der Waals surface area contributed by atoms with E-state index in [0.29, 0.717) is 0 Å². The summed E-state index contributed by atoms with van der Waals surface area (Å²) in [6.07, 6.45) is 4.10. The third-order valence-corrected chi connectivity index (χ3v) is 2.81. The predicted octanol–water partition coefficient (Wildman–Crippen LogP) is 1.47. The van der Waals surface area contributed by atoms with E-state index in [1.165, 1.54) is 37.9 Å². The van der Waals surface area contributed by atoms with Gasteiger partial charge in [-0.3, -0.25) is 4.90 Å². The molecule has 0 unspecified atom stereocenters. The number of rotatable bonds is 2. The van der Waals surface area contributed by atoms with Gasteiger partial charge in [0.25, 0.3) is 0 Å². The van der Waals surface area contributed by atoms with E-state index >= 15 is 0 Å². The first-order valence-corrected chi connectivity index (χ1v) is 5.41. The van der Waals surface area contributed by atoms with Crippen molar-refractivity contribution in [1.82, 2.24) is 4.90 Å². The lowest BCUT2D eigenvalue weighted by Crippen LogP contribution is -2.29. The van der Waals surface area contributed by atoms with Crippen molar-refractivity contribution < 1.29 is 0 Å². The molecule has 2 heteroatoms. The van der Waals surface area contributed by atoms with Gasteiger partial charge in [-0.15, -0.1) is 0 Å². The SMILES string of the molecule is [B]c1cccc(CN2CCCCC2)c1. The molecule has 0 saturated carbocycles. The Hall–Kier alpha value is -0.755. The number of nitrogens with zero attached hydrogens (tertiary/aromatic N) is 1. The van der Waals surface area contributed by atoms with E-state index in [0.717, 1.165) is 12.0 Å². The van der Waals surface area contributed by atoms with Crippen LogP contribution in [0, 0.1) is 0 Å². The van der Waals surface area contributed by atoms with Crippen molar-refractivity contribution in [3.63, 3.8) is 0 Å². The number of piperidine rings is 1. The molecule has 1 heterocycles. The molecule has 0 atom stereocenters. The van der Waals surface area contributed by atoms with Gasteiger partial charge >= 0.3 is 0 Å². The largest absolute Gasteiger partial charge is 0.299 e. The summed E-state index contributed by atoms with van der Waals surface area (Å²) in [5.74, 6) is 0. The van der Waals surface area contributed by atoms with E-state index in [-0.39, 0.29) is 0 Å². The Labute approximate surface area is 87.5 Å². The first-order chi connectivity index (χ1) is 6.84. The molecule has 1 aromatic rings. The van der Waals surface area contributed by atoms with Crippen molar-refractivity contribution in [2.75, 3.05) is 13.1 Å². The van der Waals surface area contributed by atoms with Crippen LogP contribution in [-0.4, -0.2) is 25.8 Å². The number of hydrogen-bond acceptors (Lipinski definition) is 1. The molecular formula is C12H16BN. The maximum Gasteiger partial charge on any atom is 0.113 e. The maximum absolute atomic E-state index is 5.75. The first-order valence-electron chi connectivity index (χ1n) is 5.41. The van der Waals surface area contributed by atoms with Gasteiger partial charge in [0, 0.05) is 6.54 Å². The Kier molecular flexibility index (Phi) is 3.25. The molecule has 0 aliphatic carbocycles. The highest BCUT2D eigenvalue weighted by atomic mass is 15.1. The maximum atomic E-state index is 5.75. The second-order valence-electron chi connectivity index (χ2n) is 4.08. The van der Waals surface area contributed by atoms with E-state index in [1.807, 2.05) is 12.1 Å². The predicted molar refractivity (Wildman–Crippen MR) is 61.0 cm³/mol. The summed E-state index contributed by atoms with van der Waals surface area (Å²) in [5.41, 5.74) is 2.21. The summed E-state index contributed by atoms with van der Waals surface area (Å²) in [5, 5.41) is 0. The van der Waals surface area contributed by atoms with Crippen LogP contribution in [0.2, 0.25) is 0 Å². The number of benzene rings is 1. The van der Waals surface area contributed by atoms with Crippen LogP contribution in [0.5, 0.6) is 0 Å². The quantitative estimate of drug-likeness (QED) is 0.630. The van der Waals surface area contributed by atoms with Gasteiger partial charge in [0.05, 0.1) is 0 Å². The lowest BCUT2D eigenvalue weighted by molar-refractivity contribution is 0.221. The van der Waals surface area contributed by atoms with Gasteiger partial charge in [-0.2, -0.15) is 0 Å². The second-order valence-corrected chi connectivity index (χ2v) is 4.08. The van der Waals surface area contributed by atoms with Crippen LogP contribution >= 0.6 is 0 Å². The normalized spacial score (nSPS) is 18.3. The molecule has 0 bridgehead atoms. The Bertz CT molecular complexity index is 292. The van der Waals surface area contributed by atoms with E-state index in [9.17, 15) is 0 Å². The fourth-order valence-corrected chi connectivity index (χ4v) is 2.07. The van der Waals surface area contributed by atoms with Gasteiger partial charge in [0.1, 0.15) is 7.85 Å². The average molecular weight is 185 g/mol. The molecule has 2 radical (unpaired) electrons. The smallest absolute Gasteiger partial charge is 0.113 e. The minimum Gasteiger partial charge on any atom is -0.299 e. The zero-order chi connectivity index (χ0) is 9.80. The standard InChI is InChI=1S/C12H16BN/c13-12-6-4-5-11(9-12)10-14-7-2-1-3-8-14/h4-6,9H,1-3,7-8,10H2. The van der Waals surface area contributed by atoms with Crippen LogP contribution < -0.4 is 5.46 Å². The van der Waals surface area contributed by atoms with Crippen LogP contribution in [0.1, 0.15) is 24.8 Å². The molecule has 72 valence electrons. The van der Waals surface area contributed by atoms with Gasteiger partial charge in [-0.25, -0.2) is 0 Å². The van der Waals surface area contributed by atoms with Crippen LogP contribution in [-0.2, 0) is 6.54 Å². The summed E-state index contributed by atoms with van der Waals surface area (Å²) < 4.78 is 0. The Morgan fingerprint density at radius 1 is 1.14 bits per heavy atom. The zero-order valence-electron chi connectivity index (χ0n) is 8.58. The lowest BCUT2D eigenvalue weighted by Gasteiger charge is -2.26. The van der Waals surface area contributed by atoms with E-state index in [4.69, 9.17) is 7.85 Å². The third kappa shape index (κ3) is 2.61. The summed E-state index contributed by atoms with van der Waals surface area (Å²) in [7, 11) is 5.75. The van der Waals surface area contributed by atoms with Crippen molar-refractivity contribution in [1.29, 1.82) is 0 Å². The molecule has 1 aliphatic heterocycles. The topological polar surface area (TPSA) is 3.24 Å². The van der Waals surface area contributed by atoms with E-state index in [2.05, 4.69) is 17.0 Å². The highest BCUT2D eigenvalue weighted by molar-refractivity contribution is 6.32. The van der Waals surface area contributed by atoms with Crippen molar-refractivity contribution in [2.45, 2.75) is 25.8 Å². The lowest BCUT2D eigenvalue weighted by atomic mass is 9.94. The Morgan fingerprint density at radius 2 is 1.93 bits per heavy atom. The third-order valence-electron chi connectivity index (χ3n) is 2.81. The van der Waals surface area contributed by atoms with Crippen molar-refractivity contribution in [3.8, 4) is 0 Å². The number of hydrogen-bond donors (Lipinski definition) is 0. The molecule has 0 amide bonds. The molecule has 2 rings (SSSR count). The minimum absolute atomic E-state index is 0.875. The Balaban J connectivity index is 1.95. The summed E-state index contributed by atoms with van der Waals surface area (Å²) in [6.45, 7) is 3.55.